The second-order valence-electron chi connectivity index (χ2n) is 5.18. The molecule has 1 aromatic carbocycles. The van der Waals surface area contributed by atoms with Crippen molar-refractivity contribution in [2.24, 2.45) is 0 Å². The molecule has 1 amide bonds. The van der Waals surface area contributed by atoms with Crippen molar-refractivity contribution in [3.05, 3.63) is 66.9 Å². The molecule has 0 radical (unpaired) electrons. The fourth-order valence-corrected chi connectivity index (χ4v) is 2.87. The number of nitrogens with zero attached hydrogens (tertiary/aromatic N) is 4. The highest BCUT2D eigenvalue weighted by molar-refractivity contribution is 7.99. The van der Waals surface area contributed by atoms with Gasteiger partial charge in [-0.15, -0.1) is 0 Å². The van der Waals surface area contributed by atoms with E-state index in [2.05, 4.69) is 20.4 Å². The normalized spacial score (nSPS) is 11.9. The van der Waals surface area contributed by atoms with Crippen molar-refractivity contribution in [1.29, 1.82) is 0 Å². The number of benzene rings is 1. The third-order valence-electron chi connectivity index (χ3n) is 3.44. The molecule has 1 atom stereocenters. The average Bonchev–Trinajstić information content (AvgIpc) is 3.16. The predicted octanol–water partition coefficient (Wildman–Crippen LogP) is 2.63. The van der Waals surface area contributed by atoms with Gasteiger partial charge in [-0.2, -0.15) is 5.10 Å². The number of carbonyl (C=O) groups excluding carboxylic acids is 1. The first-order valence-corrected chi connectivity index (χ1v) is 8.49. The molecule has 3 aromatic rings. The number of rotatable bonds is 6. The van der Waals surface area contributed by atoms with Crippen LogP contribution < -0.4 is 5.32 Å². The topological polar surface area (TPSA) is 72.7 Å². The first kappa shape index (κ1) is 16.2. The second kappa shape index (κ2) is 7.74. The van der Waals surface area contributed by atoms with Crippen LogP contribution in [-0.4, -0.2) is 31.4 Å². The number of hydrogen-bond acceptors (Lipinski definition) is 5. The van der Waals surface area contributed by atoms with Crippen molar-refractivity contribution in [2.75, 3.05) is 5.75 Å². The van der Waals surface area contributed by atoms with Gasteiger partial charge in [0, 0.05) is 6.20 Å². The van der Waals surface area contributed by atoms with Crippen LogP contribution in [0.25, 0.3) is 5.69 Å². The third-order valence-corrected chi connectivity index (χ3v) is 4.39. The maximum absolute atomic E-state index is 12.1. The highest BCUT2D eigenvalue weighted by Crippen LogP contribution is 2.17. The molecular formula is C17H17N5OS. The van der Waals surface area contributed by atoms with Crippen molar-refractivity contribution in [1.82, 2.24) is 25.1 Å². The van der Waals surface area contributed by atoms with Crippen molar-refractivity contribution in [3.63, 3.8) is 0 Å². The van der Waals surface area contributed by atoms with Gasteiger partial charge in [0.05, 0.1) is 22.5 Å². The lowest BCUT2D eigenvalue weighted by Gasteiger charge is -2.14. The zero-order valence-corrected chi connectivity index (χ0v) is 14.0. The van der Waals surface area contributed by atoms with E-state index in [0.717, 1.165) is 16.3 Å². The van der Waals surface area contributed by atoms with Crippen LogP contribution in [0.3, 0.4) is 0 Å². The molecule has 0 fully saturated rings. The maximum Gasteiger partial charge on any atom is 0.230 e. The molecule has 2 heterocycles. The van der Waals surface area contributed by atoms with Crippen LogP contribution in [0.5, 0.6) is 0 Å². The van der Waals surface area contributed by atoms with Gasteiger partial charge in [0.1, 0.15) is 12.7 Å². The molecule has 122 valence electrons. The number of pyridine rings is 1. The van der Waals surface area contributed by atoms with Crippen LogP contribution in [0.1, 0.15) is 18.5 Å². The van der Waals surface area contributed by atoms with E-state index in [-0.39, 0.29) is 11.9 Å². The summed E-state index contributed by atoms with van der Waals surface area (Å²) in [5.74, 6) is 0.330. The predicted molar refractivity (Wildman–Crippen MR) is 92.9 cm³/mol. The van der Waals surface area contributed by atoms with Gasteiger partial charge in [-0.1, -0.05) is 30.0 Å². The Bertz CT molecular complexity index is 775. The van der Waals surface area contributed by atoms with Crippen LogP contribution in [0, 0.1) is 0 Å². The Labute approximate surface area is 144 Å². The largest absolute Gasteiger partial charge is 0.349 e. The van der Waals surface area contributed by atoms with Crippen LogP contribution in [0.2, 0.25) is 0 Å². The van der Waals surface area contributed by atoms with Crippen LogP contribution >= 0.6 is 11.8 Å². The Morgan fingerprint density at radius 3 is 2.75 bits per heavy atom. The number of aromatic nitrogens is 4. The zero-order chi connectivity index (χ0) is 16.8. The summed E-state index contributed by atoms with van der Waals surface area (Å²) < 4.78 is 1.69. The van der Waals surface area contributed by atoms with E-state index in [1.807, 2.05) is 49.4 Å². The SMILES string of the molecule is CC(NC(=O)CSc1ccccn1)c1ccc(-n2cncn2)cc1. The minimum Gasteiger partial charge on any atom is -0.349 e. The van der Waals surface area contributed by atoms with E-state index in [0.29, 0.717) is 5.75 Å². The molecular weight excluding hydrogens is 322 g/mol. The van der Waals surface area contributed by atoms with Gasteiger partial charge in [0.2, 0.25) is 5.91 Å². The second-order valence-corrected chi connectivity index (χ2v) is 6.17. The van der Waals surface area contributed by atoms with Crippen LogP contribution in [-0.2, 0) is 4.79 Å². The number of nitrogens with one attached hydrogen (secondary N) is 1. The van der Waals surface area contributed by atoms with Gasteiger partial charge >= 0.3 is 0 Å². The summed E-state index contributed by atoms with van der Waals surface area (Å²) in [7, 11) is 0. The van der Waals surface area contributed by atoms with Crippen molar-refractivity contribution in [2.45, 2.75) is 18.0 Å². The molecule has 0 saturated carbocycles. The molecule has 0 saturated heterocycles. The maximum atomic E-state index is 12.1. The number of amides is 1. The lowest BCUT2D eigenvalue weighted by Crippen LogP contribution is -2.28. The molecule has 0 aliphatic heterocycles. The Morgan fingerprint density at radius 1 is 1.25 bits per heavy atom. The Kier molecular flexibility index (Phi) is 5.22. The zero-order valence-electron chi connectivity index (χ0n) is 13.2. The molecule has 1 unspecified atom stereocenters. The lowest BCUT2D eigenvalue weighted by atomic mass is 10.1. The summed E-state index contributed by atoms with van der Waals surface area (Å²) in [6.45, 7) is 1.97. The molecule has 0 bridgehead atoms. The molecule has 7 heteroatoms. The molecule has 0 aliphatic rings. The third kappa shape index (κ3) is 4.20. The highest BCUT2D eigenvalue weighted by Gasteiger charge is 2.10. The Morgan fingerprint density at radius 2 is 2.08 bits per heavy atom. The summed E-state index contributed by atoms with van der Waals surface area (Å²) in [6, 6.07) is 13.5. The van der Waals surface area contributed by atoms with Crippen molar-refractivity contribution < 1.29 is 4.79 Å². The Hall–Kier alpha value is -2.67. The van der Waals surface area contributed by atoms with Gasteiger partial charge in [-0.05, 0) is 36.8 Å². The molecule has 0 spiro atoms. The fraction of sp³-hybridized carbons (Fsp3) is 0.176. The first-order chi connectivity index (χ1) is 11.7. The molecule has 0 aliphatic carbocycles. The average molecular weight is 339 g/mol. The fourth-order valence-electron chi connectivity index (χ4n) is 2.20. The van der Waals surface area contributed by atoms with E-state index >= 15 is 0 Å². The molecule has 2 aromatic heterocycles. The number of hydrogen-bond donors (Lipinski definition) is 1. The van der Waals surface area contributed by atoms with Gasteiger partial charge in [0.15, 0.2) is 0 Å². The quantitative estimate of drug-likeness (QED) is 0.699. The van der Waals surface area contributed by atoms with E-state index < -0.39 is 0 Å². The molecule has 1 N–H and O–H groups in total. The number of thioether (sulfide) groups is 1. The van der Waals surface area contributed by atoms with Gasteiger partial charge < -0.3 is 5.32 Å². The van der Waals surface area contributed by atoms with E-state index in [9.17, 15) is 4.79 Å². The van der Waals surface area contributed by atoms with E-state index in [4.69, 9.17) is 0 Å². The van der Waals surface area contributed by atoms with Gasteiger partial charge in [0.25, 0.3) is 0 Å². The van der Waals surface area contributed by atoms with E-state index in [1.165, 1.54) is 18.1 Å². The summed E-state index contributed by atoms with van der Waals surface area (Å²) >= 11 is 1.42. The van der Waals surface area contributed by atoms with Gasteiger partial charge in [-0.3, -0.25) is 4.79 Å². The van der Waals surface area contributed by atoms with Crippen molar-refractivity contribution >= 4 is 17.7 Å². The summed E-state index contributed by atoms with van der Waals surface area (Å²) in [5.41, 5.74) is 1.97. The molecule has 3 rings (SSSR count). The number of carbonyl (C=O) groups is 1. The van der Waals surface area contributed by atoms with Crippen LogP contribution in [0.4, 0.5) is 0 Å². The standard InChI is InChI=1S/C17H17N5OS/c1-13(21-16(23)10-24-17-4-2-3-9-19-17)14-5-7-15(8-6-14)22-12-18-11-20-22/h2-9,11-13H,10H2,1H3,(H,21,23). The highest BCUT2D eigenvalue weighted by atomic mass is 32.2. The summed E-state index contributed by atoms with van der Waals surface area (Å²) in [4.78, 5) is 20.2. The minimum atomic E-state index is -0.0633. The first-order valence-electron chi connectivity index (χ1n) is 7.50. The monoisotopic (exact) mass is 339 g/mol. The van der Waals surface area contributed by atoms with E-state index in [1.54, 1.807) is 17.2 Å². The Balaban J connectivity index is 1.54. The van der Waals surface area contributed by atoms with Crippen LogP contribution in [0.15, 0.2) is 66.3 Å². The molecule has 24 heavy (non-hydrogen) atoms. The minimum absolute atomic E-state index is 0.0153. The van der Waals surface area contributed by atoms with Crippen molar-refractivity contribution in [3.8, 4) is 5.69 Å². The summed E-state index contributed by atoms with van der Waals surface area (Å²) in [6.07, 6.45) is 4.87. The smallest absolute Gasteiger partial charge is 0.230 e. The lowest BCUT2D eigenvalue weighted by molar-refractivity contribution is -0.119. The van der Waals surface area contributed by atoms with Gasteiger partial charge in [-0.25, -0.2) is 14.6 Å². The molecule has 6 nitrogen and oxygen atoms in total. The summed E-state index contributed by atoms with van der Waals surface area (Å²) in [5, 5.41) is 7.93.